The monoisotopic (exact) mass is 315 g/mol. The molecule has 4 rings (SSSR count). The van der Waals surface area contributed by atoms with Gasteiger partial charge in [0.05, 0.1) is 22.5 Å². The second kappa shape index (κ2) is 4.44. The lowest BCUT2D eigenvalue weighted by molar-refractivity contribution is 0.557. The Morgan fingerprint density at radius 1 is 1.32 bits per heavy atom. The van der Waals surface area contributed by atoms with E-state index in [1.165, 1.54) is 10.9 Å². The summed E-state index contributed by atoms with van der Waals surface area (Å²) in [7, 11) is 1.91. The molecule has 0 unspecified atom stereocenters. The van der Waals surface area contributed by atoms with Gasteiger partial charge in [0.25, 0.3) is 5.56 Å². The number of anilines is 1. The maximum absolute atomic E-state index is 13.8. The molecule has 0 radical (unpaired) electrons. The van der Waals surface area contributed by atoms with Crippen LogP contribution in [0.1, 0.15) is 0 Å². The van der Waals surface area contributed by atoms with Crippen LogP contribution in [0.2, 0.25) is 0 Å². The normalized spacial score (nSPS) is 13.9. The number of hydrogen-bond acceptors (Lipinski definition) is 5. The van der Waals surface area contributed by atoms with E-state index >= 15 is 0 Å². The standard InChI is InChI=1S/C14H10FN5OS/c1-8-18(2)10-5-9(3-4-11(10)22-8)20-13(21)6-12(15)19-7-16-17-14(19)20/h3-7H,1H2,2H3. The van der Waals surface area contributed by atoms with Crippen LogP contribution in [0.25, 0.3) is 11.5 Å². The predicted molar refractivity (Wildman–Crippen MR) is 81.9 cm³/mol. The van der Waals surface area contributed by atoms with Crippen molar-refractivity contribution in [3.05, 3.63) is 58.5 Å². The summed E-state index contributed by atoms with van der Waals surface area (Å²) in [6.07, 6.45) is 1.23. The molecule has 2 aromatic heterocycles. The van der Waals surface area contributed by atoms with Crippen molar-refractivity contribution in [2.75, 3.05) is 11.9 Å². The molecule has 3 aromatic rings. The Bertz CT molecular complexity index is 993. The summed E-state index contributed by atoms with van der Waals surface area (Å²) in [6, 6.07) is 6.48. The molecule has 1 aromatic carbocycles. The number of fused-ring (bicyclic) bond motifs is 2. The van der Waals surface area contributed by atoms with Gasteiger partial charge >= 0.3 is 0 Å². The van der Waals surface area contributed by atoms with Gasteiger partial charge in [0.15, 0.2) is 0 Å². The molecule has 0 fully saturated rings. The van der Waals surface area contributed by atoms with Crippen LogP contribution in [0, 0.1) is 5.95 Å². The Morgan fingerprint density at radius 3 is 2.95 bits per heavy atom. The molecule has 0 bridgehead atoms. The molecular formula is C14H10FN5OS. The van der Waals surface area contributed by atoms with Crippen molar-refractivity contribution in [3.8, 4) is 5.69 Å². The van der Waals surface area contributed by atoms with Crippen molar-refractivity contribution in [2.45, 2.75) is 4.90 Å². The highest BCUT2D eigenvalue weighted by molar-refractivity contribution is 8.03. The summed E-state index contributed by atoms with van der Waals surface area (Å²) in [5, 5.41) is 8.43. The zero-order chi connectivity index (χ0) is 15.4. The first-order chi connectivity index (χ1) is 10.6. The number of nitrogens with zero attached hydrogens (tertiary/aromatic N) is 5. The lowest BCUT2D eigenvalue weighted by Crippen LogP contribution is -2.22. The van der Waals surface area contributed by atoms with Gasteiger partial charge in [-0.2, -0.15) is 4.39 Å². The highest BCUT2D eigenvalue weighted by atomic mass is 32.2. The SMILES string of the molecule is C=C1Sc2ccc(-n3c(=O)cc(F)n4cnnc34)cc2N1C. The van der Waals surface area contributed by atoms with Crippen LogP contribution in [0.5, 0.6) is 0 Å². The Labute approximate surface area is 128 Å². The Hall–Kier alpha value is -2.61. The minimum absolute atomic E-state index is 0.136. The van der Waals surface area contributed by atoms with Gasteiger partial charge in [-0.3, -0.25) is 4.79 Å². The number of hydrogen-bond donors (Lipinski definition) is 0. The average molecular weight is 315 g/mol. The number of aromatic nitrogens is 4. The molecule has 6 nitrogen and oxygen atoms in total. The molecule has 22 heavy (non-hydrogen) atoms. The highest BCUT2D eigenvalue weighted by Crippen LogP contribution is 2.44. The first-order valence-electron chi connectivity index (χ1n) is 6.42. The van der Waals surface area contributed by atoms with E-state index in [1.807, 2.05) is 24.1 Å². The molecule has 0 aliphatic carbocycles. The van der Waals surface area contributed by atoms with Gasteiger partial charge in [0.2, 0.25) is 11.7 Å². The van der Waals surface area contributed by atoms with Gasteiger partial charge in [-0.25, -0.2) is 8.97 Å². The summed E-state index contributed by atoms with van der Waals surface area (Å²) in [4.78, 5) is 15.2. The largest absolute Gasteiger partial charge is 0.339 e. The van der Waals surface area contributed by atoms with Crippen LogP contribution in [-0.2, 0) is 0 Å². The molecule has 110 valence electrons. The smallest absolute Gasteiger partial charge is 0.262 e. The number of rotatable bonds is 1. The molecule has 1 aliphatic rings. The van der Waals surface area contributed by atoms with Crippen LogP contribution in [0.15, 0.2) is 51.9 Å². The minimum Gasteiger partial charge on any atom is -0.339 e. The lowest BCUT2D eigenvalue weighted by atomic mass is 10.2. The fraction of sp³-hybridized carbons (Fsp3) is 0.0714. The molecule has 0 spiro atoms. The van der Waals surface area contributed by atoms with E-state index in [2.05, 4.69) is 16.8 Å². The Morgan fingerprint density at radius 2 is 2.14 bits per heavy atom. The zero-order valence-electron chi connectivity index (χ0n) is 11.5. The molecule has 0 atom stereocenters. The predicted octanol–water partition coefficient (Wildman–Crippen LogP) is 2.03. The van der Waals surface area contributed by atoms with Crippen molar-refractivity contribution in [3.63, 3.8) is 0 Å². The summed E-state index contributed by atoms with van der Waals surface area (Å²) in [5.41, 5.74) is 1.05. The molecule has 0 saturated heterocycles. The van der Waals surface area contributed by atoms with Gasteiger partial charge in [0, 0.05) is 11.9 Å². The summed E-state index contributed by atoms with van der Waals surface area (Å²) >= 11 is 1.57. The fourth-order valence-electron chi connectivity index (χ4n) is 2.43. The van der Waals surface area contributed by atoms with E-state index in [0.29, 0.717) is 5.69 Å². The second-order valence-corrected chi connectivity index (χ2v) is 5.96. The van der Waals surface area contributed by atoms with Gasteiger partial charge in [-0.15, -0.1) is 10.2 Å². The molecule has 0 N–H and O–H groups in total. The summed E-state index contributed by atoms with van der Waals surface area (Å²) in [5.74, 6) is -0.555. The van der Waals surface area contributed by atoms with E-state index in [4.69, 9.17) is 0 Å². The summed E-state index contributed by atoms with van der Waals surface area (Å²) < 4.78 is 16.2. The minimum atomic E-state index is -0.691. The van der Waals surface area contributed by atoms with Crippen molar-refractivity contribution in [1.82, 2.24) is 19.2 Å². The van der Waals surface area contributed by atoms with E-state index < -0.39 is 11.5 Å². The highest BCUT2D eigenvalue weighted by Gasteiger charge is 2.22. The third kappa shape index (κ3) is 1.70. The number of benzene rings is 1. The maximum Gasteiger partial charge on any atom is 0.262 e. The summed E-state index contributed by atoms with van der Waals surface area (Å²) in [6.45, 7) is 3.97. The van der Waals surface area contributed by atoms with Crippen molar-refractivity contribution >= 4 is 23.2 Å². The van der Waals surface area contributed by atoms with Crippen molar-refractivity contribution < 1.29 is 4.39 Å². The average Bonchev–Trinajstić information content (AvgIpc) is 3.06. The van der Waals surface area contributed by atoms with E-state index in [-0.39, 0.29) is 5.78 Å². The molecule has 3 heterocycles. The zero-order valence-corrected chi connectivity index (χ0v) is 12.3. The third-order valence-electron chi connectivity index (χ3n) is 3.59. The molecule has 1 aliphatic heterocycles. The van der Waals surface area contributed by atoms with Crippen LogP contribution in [0.4, 0.5) is 10.1 Å². The topological polar surface area (TPSA) is 55.4 Å². The van der Waals surface area contributed by atoms with Gasteiger partial charge in [-0.1, -0.05) is 18.3 Å². The van der Waals surface area contributed by atoms with Gasteiger partial charge in [0.1, 0.15) is 6.33 Å². The van der Waals surface area contributed by atoms with Crippen molar-refractivity contribution in [1.29, 1.82) is 0 Å². The fourth-order valence-corrected chi connectivity index (χ4v) is 3.36. The van der Waals surface area contributed by atoms with E-state index in [1.54, 1.807) is 17.8 Å². The molecule has 0 amide bonds. The van der Waals surface area contributed by atoms with Crippen LogP contribution >= 0.6 is 11.8 Å². The first-order valence-corrected chi connectivity index (χ1v) is 7.24. The number of halogens is 1. The lowest BCUT2D eigenvalue weighted by Gasteiger charge is -2.14. The van der Waals surface area contributed by atoms with E-state index in [9.17, 15) is 9.18 Å². The van der Waals surface area contributed by atoms with Crippen LogP contribution in [-0.4, -0.2) is 26.2 Å². The number of thioether (sulfide) groups is 1. The molecular weight excluding hydrogens is 305 g/mol. The first kappa shape index (κ1) is 13.1. The van der Waals surface area contributed by atoms with Gasteiger partial charge < -0.3 is 4.90 Å². The molecule has 0 saturated carbocycles. The van der Waals surface area contributed by atoms with Crippen LogP contribution < -0.4 is 10.5 Å². The maximum atomic E-state index is 13.8. The quantitative estimate of drug-likeness (QED) is 0.643. The third-order valence-corrected chi connectivity index (χ3v) is 4.66. The van der Waals surface area contributed by atoms with Crippen molar-refractivity contribution in [2.24, 2.45) is 0 Å². The Kier molecular flexibility index (Phi) is 2.64. The van der Waals surface area contributed by atoms with Crippen LogP contribution in [0.3, 0.4) is 0 Å². The van der Waals surface area contributed by atoms with E-state index in [0.717, 1.165) is 26.1 Å². The molecule has 8 heteroatoms. The Balaban J connectivity index is 2.00. The second-order valence-electron chi connectivity index (χ2n) is 4.85. The van der Waals surface area contributed by atoms with Gasteiger partial charge in [-0.05, 0) is 18.2 Å².